The van der Waals surface area contributed by atoms with Crippen LogP contribution in [0.3, 0.4) is 0 Å². The highest BCUT2D eigenvalue weighted by molar-refractivity contribution is 5.93. The number of ether oxygens (including phenoxy) is 2. The Morgan fingerprint density at radius 1 is 1.60 bits per heavy atom. The topological polar surface area (TPSA) is 85.3 Å². The standard InChI is InChI=1S/C10H10N2O3/c1-14-9-3-2-7(12)6-8(9)10(13)15-5-4-11/h2-3,6H,5,12H2,1H3. The van der Waals surface area contributed by atoms with Crippen LogP contribution in [0.1, 0.15) is 10.4 Å². The first-order valence-corrected chi connectivity index (χ1v) is 4.16. The van der Waals surface area contributed by atoms with E-state index in [1.54, 1.807) is 18.2 Å². The minimum atomic E-state index is -0.624. The SMILES string of the molecule is COc1ccc(N)cc1C(=O)OCC#N. The van der Waals surface area contributed by atoms with Crippen molar-refractivity contribution in [2.75, 3.05) is 19.5 Å². The van der Waals surface area contributed by atoms with Crippen LogP contribution in [0, 0.1) is 11.3 Å². The van der Waals surface area contributed by atoms with E-state index < -0.39 is 5.97 Å². The quantitative estimate of drug-likeness (QED) is 0.588. The van der Waals surface area contributed by atoms with Gasteiger partial charge in [0.05, 0.1) is 7.11 Å². The second kappa shape index (κ2) is 4.86. The molecule has 0 aliphatic heterocycles. The maximum atomic E-state index is 11.4. The molecule has 0 fully saturated rings. The minimum absolute atomic E-state index is 0.216. The Kier molecular flexibility index (Phi) is 3.52. The maximum Gasteiger partial charge on any atom is 0.343 e. The number of rotatable bonds is 3. The van der Waals surface area contributed by atoms with Gasteiger partial charge < -0.3 is 15.2 Å². The Bertz CT molecular complexity index is 410. The lowest BCUT2D eigenvalue weighted by atomic mass is 10.2. The monoisotopic (exact) mass is 206 g/mol. The van der Waals surface area contributed by atoms with Crippen molar-refractivity contribution in [1.82, 2.24) is 0 Å². The molecule has 2 N–H and O–H groups in total. The molecule has 5 heteroatoms. The number of nitriles is 1. The molecule has 0 unspecified atom stereocenters. The lowest BCUT2D eigenvalue weighted by Crippen LogP contribution is -2.07. The summed E-state index contributed by atoms with van der Waals surface area (Å²) in [5.41, 5.74) is 6.17. The second-order valence-corrected chi connectivity index (χ2v) is 2.69. The average molecular weight is 206 g/mol. The Morgan fingerprint density at radius 2 is 2.33 bits per heavy atom. The molecule has 0 radical (unpaired) electrons. The molecule has 0 aliphatic carbocycles. The summed E-state index contributed by atoms with van der Waals surface area (Å²) in [5, 5.41) is 8.26. The largest absolute Gasteiger partial charge is 0.496 e. The Labute approximate surface area is 87.0 Å². The van der Waals surface area contributed by atoms with Gasteiger partial charge in [0.2, 0.25) is 0 Å². The number of nitrogens with two attached hydrogens (primary N) is 1. The molecule has 0 bridgehead atoms. The smallest absolute Gasteiger partial charge is 0.343 e. The first-order valence-electron chi connectivity index (χ1n) is 4.16. The summed E-state index contributed by atoms with van der Waals surface area (Å²) in [7, 11) is 1.44. The van der Waals surface area contributed by atoms with E-state index >= 15 is 0 Å². The van der Waals surface area contributed by atoms with Crippen molar-refractivity contribution in [3.63, 3.8) is 0 Å². The molecule has 0 saturated carbocycles. The summed E-state index contributed by atoms with van der Waals surface area (Å²) in [4.78, 5) is 11.4. The fourth-order valence-electron chi connectivity index (χ4n) is 1.06. The number of carbonyl (C=O) groups is 1. The lowest BCUT2D eigenvalue weighted by molar-refractivity contribution is 0.0551. The van der Waals surface area contributed by atoms with Gasteiger partial charge in [-0.15, -0.1) is 0 Å². The Balaban J connectivity index is 2.96. The van der Waals surface area contributed by atoms with E-state index in [0.29, 0.717) is 11.4 Å². The third-order valence-corrected chi connectivity index (χ3v) is 1.71. The molecule has 5 nitrogen and oxygen atoms in total. The molecule has 0 heterocycles. The van der Waals surface area contributed by atoms with Gasteiger partial charge >= 0.3 is 5.97 Å². The van der Waals surface area contributed by atoms with E-state index in [9.17, 15) is 4.79 Å². The Hall–Kier alpha value is -2.22. The predicted octanol–water partition coefficient (Wildman–Crippen LogP) is 0.958. The van der Waals surface area contributed by atoms with Crippen molar-refractivity contribution < 1.29 is 14.3 Å². The molecule has 0 aliphatic rings. The summed E-state index contributed by atoms with van der Waals surface area (Å²) < 4.78 is 9.60. The number of esters is 1. The molecule has 0 aromatic heterocycles. The van der Waals surface area contributed by atoms with Crippen molar-refractivity contribution in [3.8, 4) is 11.8 Å². The molecule has 15 heavy (non-hydrogen) atoms. The van der Waals surface area contributed by atoms with Crippen LogP contribution in [0.15, 0.2) is 18.2 Å². The van der Waals surface area contributed by atoms with Gasteiger partial charge in [-0.05, 0) is 18.2 Å². The number of carbonyl (C=O) groups excluding carboxylic acids is 1. The third kappa shape index (κ3) is 2.61. The highest BCUT2D eigenvalue weighted by Gasteiger charge is 2.13. The Morgan fingerprint density at radius 3 is 2.93 bits per heavy atom. The van der Waals surface area contributed by atoms with Crippen molar-refractivity contribution in [1.29, 1.82) is 5.26 Å². The van der Waals surface area contributed by atoms with Gasteiger partial charge in [0.1, 0.15) is 17.4 Å². The molecule has 0 atom stereocenters. The summed E-state index contributed by atoms with van der Waals surface area (Å²) in [6, 6.07) is 6.33. The zero-order valence-corrected chi connectivity index (χ0v) is 8.19. The van der Waals surface area contributed by atoms with Gasteiger partial charge in [0, 0.05) is 5.69 Å². The zero-order chi connectivity index (χ0) is 11.3. The van der Waals surface area contributed by atoms with Crippen LogP contribution >= 0.6 is 0 Å². The van der Waals surface area contributed by atoms with Gasteiger partial charge in [-0.3, -0.25) is 0 Å². The molecule has 78 valence electrons. The summed E-state index contributed by atoms with van der Waals surface area (Å²) in [5.74, 6) is -0.257. The normalized spacial score (nSPS) is 9.07. The predicted molar refractivity (Wildman–Crippen MR) is 53.3 cm³/mol. The van der Waals surface area contributed by atoms with Crippen molar-refractivity contribution in [2.24, 2.45) is 0 Å². The van der Waals surface area contributed by atoms with Crippen molar-refractivity contribution >= 4 is 11.7 Å². The zero-order valence-electron chi connectivity index (χ0n) is 8.19. The van der Waals surface area contributed by atoms with Crippen molar-refractivity contribution in [3.05, 3.63) is 23.8 Å². The maximum absolute atomic E-state index is 11.4. The van der Waals surface area contributed by atoms with Crippen LogP contribution in [0.5, 0.6) is 5.75 Å². The average Bonchev–Trinajstić information content (AvgIpc) is 2.25. The minimum Gasteiger partial charge on any atom is -0.496 e. The fraction of sp³-hybridized carbons (Fsp3) is 0.200. The number of anilines is 1. The molecular formula is C10H10N2O3. The molecule has 1 rings (SSSR count). The number of hydrogen-bond donors (Lipinski definition) is 1. The second-order valence-electron chi connectivity index (χ2n) is 2.69. The number of benzene rings is 1. The highest BCUT2D eigenvalue weighted by Crippen LogP contribution is 2.21. The van der Waals surface area contributed by atoms with Crippen LogP contribution in [0.25, 0.3) is 0 Å². The fourth-order valence-corrected chi connectivity index (χ4v) is 1.06. The van der Waals surface area contributed by atoms with Crippen LogP contribution < -0.4 is 10.5 Å². The molecule has 0 amide bonds. The molecule has 0 saturated heterocycles. The third-order valence-electron chi connectivity index (χ3n) is 1.71. The van der Waals surface area contributed by atoms with E-state index in [1.165, 1.54) is 13.2 Å². The van der Waals surface area contributed by atoms with E-state index in [2.05, 4.69) is 4.74 Å². The first-order chi connectivity index (χ1) is 7.19. The van der Waals surface area contributed by atoms with E-state index in [0.717, 1.165) is 0 Å². The van der Waals surface area contributed by atoms with Crippen LogP contribution in [-0.2, 0) is 4.74 Å². The van der Waals surface area contributed by atoms with Gasteiger partial charge in [0.15, 0.2) is 6.61 Å². The molecule has 1 aromatic carbocycles. The van der Waals surface area contributed by atoms with Crippen LogP contribution in [0.4, 0.5) is 5.69 Å². The molecular weight excluding hydrogens is 196 g/mol. The van der Waals surface area contributed by atoms with Crippen LogP contribution in [-0.4, -0.2) is 19.7 Å². The highest BCUT2D eigenvalue weighted by atomic mass is 16.5. The molecule has 0 spiro atoms. The molecule has 1 aromatic rings. The number of nitrogens with zero attached hydrogens (tertiary/aromatic N) is 1. The van der Waals surface area contributed by atoms with Crippen LogP contribution in [0.2, 0.25) is 0 Å². The lowest BCUT2D eigenvalue weighted by Gasteiger charge is -2.07. The number of hydrogen-bond acceptors (Lipinski definition) is 5. The number of nitrogen functional groups attached to an aromatic ring is 1. The van der Waals surface area contributed by atoms with Crippen molar-refractivity contribution in [2.45, 2.75) is 0 Å². The van der Waals surface area contributed by atoms with Gasteiger partial charge in [-0.25, -0.2) is 4.79 Å². The summed E-state index contributed by atoms with van der Waals surface area (Å²) >= 11 is 0. The van der Waals surface area contributed by atoms with E-state index in [-0.39, 0.29) is 12.2 Å². The summed E-state index contributed by atoms with van der Waals surface area (Å²) in [6.45, 7) is -0.295. The summed E-state index contributed by atoms with van der Waals surface area (Å²) in [6.07, 6.45) is 0. The van der Waals surface area contributed by atoms with E-state index in [1.807, 2.05) is 0 Å². The van der Waals surface area contributed by atoms with Gasteiger partial charge in [0.25, 0.3) is 0 Å². The first kappa shape index (κ1) is 10.9. The number of methoxy groups -OCH3 is 1. The van der Waals surface area contributed by atoms with E-state index in [4.69, 9.17) is 15.7 Å². The van der Waals surface area contributed by atoms with Gasteiger partial charge in [-0.2, -0.15) is 5.26 Å². The van der Waals surface area contributed by atoms with Gasteiger partial charge in [-0.1, -0.05) is 0 Å².